The van der Waals surface area contributed by atoms with E-state index in [1.807, 2.05) is 0 Å². The van der Waals surface area contributed by atoms with Crippen LogP contribution in [0.25, 0.3) is 22.6 Å². The zero-order chi connectivity index (χ0) is 25.8. The van der Waals surface area contributed by atoms with Crippen molar-refractivity contribution in [2.75, 3.05) is 20.3 Å². The standard InChI is InChI=1S/C26H27NO8S/c1-14-5-8-21(35-14)18-12-19-23(13-22(18)34-10-4-9-33-3)36(31,32)15(2)17-11-20(26(29)30)25(28)27(24(17)19)16-6-7-16/h5,8,11-13,15-16H,4,6-7,9-10H2,1-3H3,(H,29,30). The number of pyridine rings is 1. The summed E-state index contributed by atoms with van der Waals surface area (Å²) < 4.78 is 45.8. The third kappa shape index (κ3) is 3.94. The molecule has 2 aliphatic rings. The molecule has 1 aliphatic heterocycles. The van der Waals surface area contributed by atoms with Gasteiger partial charge in [0.05, 0.1) is 28.0 Å². The number of sulfone groups is 1. The van der Waals surface area contributed by atoms with Gasteiger partial charge in [0.1, 0.15) is 22.8 Å². The summed E-state index contributed by atoms with van der Waals surface area (Å²) in [4.78, 5) is 25.1. The van der Waals surface area contributed by atoms with Crippen molar-refractivity contribution in [2.24, 2.45) is 0 Å². The first-order chi connectivity index (χ1) is 17.1. The number of nitrogens with zero attached hydrogens (tertiary/aromatic N) is 1. The maximum absolute atomic E-state index is 13.7. The fourth-order valence-corrected chi connectivity index (χ4v) is 6.33. The molecule has 190 valence electrons. The van der Waals surface area contributed by atoms with E-state index in [0.29, 0.717) is 59.3 Å². The summed E-state index contributed by atoms with van der Waals surface area (Å²) in [5.74, 6) is 0.146. The number of methoxy groups -OCH3 is 1. The smallest absolute Gasteiger partial charge is 0.341 e. The molecule has 1 atom stereocenters. The summed E-state index contributed by atoms with van der Waals surface area (Å²) in [5.41, 5.74) is 0.592. The first kappa shape index (κ1) is 24.3. The Bertz CT molecular complexity index is 1530. The number of hydrogen-bond acceptors (Lipinski definition) is 7. The van der Waals surface area contributed by atoms with E-state index in [9.17, 15) is 23.1 Å². The largest absolute Gasteiger partial charge is 0.493 e. The molecule has 1 unspecified atom stereocenters. The Morgan fingerprint density at radius 3 is 2.53 bits per heavy atom. The van der Waals surface area contributed by atoms with Crippen LogP contribution in [0, 0.1) is 6.92 Å². The quantitative estimate of drug-likeness (QED) is 0.440. The summed E-state index contributed by atoms with van der Waals surface area (Å²) in [7, 11) is -2.31. The number of aryl methyl sites for hydroxylation is 1. The number of rotatable bonds is 8. The van der Waals surface area contributed by atoms with Crippen molar-refractivity contribution < 1.29 is 32.2 Å². The van der Waals surface area contributed by atoms with Crippen molar-refractivity contribution in [3.05, 3.63) is 57.6 Å². The molecule has 1 fully saturated rings. The molecule has 9 nitrogen and oxygen atoms in total. The lowest BCUT2D eigenvalue weighted by Crippen LogP contribution is -2.31. The number of fused-ring (bicyclic) bond motifs is 3. The molecular formula is C26H27NO8S. The molecule has 3 aromatic rings. The Labute approximate surface area is 208 Å². The van der Waals surface area contributed by atoms with Crippen LogP contribution in [0.15, 0.2) is 44.4 Å². The van der Waals surface area contributed by atoms with Gasteiger partial charge in [0.15, 0.2) is 9.84 Å². The maximum Gasteiger partial charge on any atom is 0.341 e. The van der Waals surface area contributed by atoms with Crippen LogP contribution >= 0.6 is 0 Å². The first-order valence-electron chi connectivity index (χ1n) is 11.8. The van der Waals surface area contributed by atoms with Gasteiger partial charge in [-0.1, -0.05) is 0 Å². The van der Waals surface area contributed by atoms with Gasteiger partial charge in [-0.05, 0) is 56.5 Å². The zero-order valence-corrected chi connectivity index (χ0v) is 21.1. The molecule has 1 aliphatic carbocycles. The Morgan fingerprint density at radius 1 is 1.17 bits per heavy atom. The Hall–Kier alpha value is -3.37. The lowest BCUT2D eigenvalue weighted by atomic mass is 9.97. The van der Waals surface area contributed by atoms with Crippen LogP contribution in [0.3, 0.4) is 0 Å². The topological polar surface area (TPSA) is 125 Å². The minimum absolute atomic E-state index is 0.0492. The molecule has 36 heavy (non-hydrogen) atoms. The molecule has 0 saturated heterocycles. The molecular weight excluding hydrogens is 486 g/mol. The van der Waals surface area contributed by atoms with E-state index in [0.717, 1.165) is 12.8 Å². The van der Waals surface area contributed by atoms with Gasteiger partial charge in [-0.25, -0.2) is 13.2 Å². The second-order valence-electron chi connectivity index (χ2n) is 9.21. The molecule has 5 rings (SSSR count). The van der Waals surface area contributed by atoms with Crippen LogP contribution in [-0.2, 0) is 14.6 Å². The first-order valence-corrected chi connectivity index (χ1v) is 13.3. The van der Waals surface area contributed by atoms with Crippen LogP contribution in [0.2, 0.25) is 0 Å². The van der Waals surface area contributed by atoms with Gasteiger partial charge in [-0.2, -0.15) is 0 Å². The zero-order valence-electron chi connectivity index (χ0n) is 20.2. The number of ether oxygens (including phenoxy) is 2. The number of furan rings is 1. The molecule has 3 heterocycles. The molecule has 10 heteroatoms. The van der Waals surface area contributed by atoms with E-state index < -0.39 is 32.2 Å². The van der Waals surface area contributed by atoms with E-state index in [1.54, 1.807) is 32.2 Å². The second-order valence-corrected chi connectivity index (χ2v) is 11.4. The highest BCUT2D eigenvalue weighted by Gasteiger charge is 2.41. The van der Waals surface area contributed by atoms with Gasteiger partial charge in [0, 0.05) is 37.8 Å². The average Bonchev–Trinajstić information content (AvgIpc) is 3.58. The fourth-order valence-electron chi connectivity index (χ4n) is 4.70. The van der Waals surface area contributed by atoms with Crippen LogP contribution in [-0.4, -0.2) is 44.4 Å². The van der Waals surface area contributed by atoms with Gasteiger partial charge in [-0.15, -0.1) is 0 Å². The predicted octanol–water partition coefficient (Wildman–Crippen LogP) is 4.38. The molecule has 0 radical (unpaired) electrons. The van der Waals surface area contributed by atoms with E-state index in [-0.39, 0.29) is 10.9 Å². The number of carboxylic acid groups (broad SMARTS) is 1. The minimum Gasteiger partial charge on any atom is -0.493 e. The van der Waals surface area contributed by atoms with E-state index in [4.69, 9.17) is 13.9 Å². The van der Waals surface area contributed by atoms with Crippen molar-refractivity contribution in [3.8, 4) is 28.3 Å². The third-order valence-electron chi connectivity index (χ3n) is 6.71. The molecule has 0 amide bonds. The summed E-state index contributed by atoms with van der Waals surface area (Å²) in [5, 5.41) is 8.62. The summed E-state index contributed by atoms with van der Waals surface area (Å²) in [6.07, 6.45) is 2.04. The number of carbonyl (C=O) groups is 1. The van der Waals surface area contributed by atoms with E-state index in [2.05, 4.69) is 0 Å². The normalized spacial score (nSPS) is 17.9. The minimum atomic E-state index is -3.91. The monoisotopic (exact) mass is 513 g/mol. The average molecular weight is 514 g/mol. The van der Waals surface area contributed by atoms with Crippen LogP contribution in [0.1, 0.15) is 59.2 Å². The van der Waals surface area contributed by atoms with Crippen molar-refractivity contribution in [3.63, 3.8) is 0 Å². The molecule has 0 spiro atoms. The SMILES string of the molecule is COCCCOc1cc2c(cc1-c1ccc(C)o1)-c1c(cc(C(=O)O)c(=O)n1C1CC1)C(C)S2(=O)=O. The number of carboxylic acids is 1. The highest BCUT2D eigenvalue weighted by molar-refractivity contribution is 7.92. The van der Waals surface area contributed by atoms with E-state index in [1.165, 1.54) is 23.6 Å². The van der Waals surface area contributed by atoms with Gasteiger partial charge in [-0.3, -0.25) is 4.79 Å². The van der Waals surface area contributed by atoms with E-state index >= 15 is 0 Å². The van der Waals surface area contributed by atoms with Crippen molar-refractivity contribution >= 4 is 15.8 Å². The fraction of sp³-hybridized carbons (Fsp3) is 0.385. The Balaban J connectivity index is 1.81. The van der Waals surface area contributed by atoms with Gasteiger partial charge in [0.2, 0.25) is 0 Å². The predicted molar refractivity (Wildman–Crippen MR) is 131 cm³/mol. The van der Waals surface area contributed by atoms with Crippen molar-refractivity contribution in [1.82, 2.24) is 4.57 Å². The van der Waals surface area contributed by atoms with Crippen LogP contribution in [0.5, 0.6) is 5.75 Å². The molecule has 0 bridgehead atoms. The number of benzene rings is 1. The third-order valence-corrected chi connectivity index (χ3v) is 8.84. The molecule has 2 aromatic heterocycles. The van der Waals surface area contributed by atoms with Gasteiger partial charge < -0.3 is 23.6 Å². The maximum atomic E-state index is 13.7. The summed E-state index contributed by atoms with van der Waals surface area (Å²) in [6, 6.07) is 7.80. The van der Waals surface area contributed by atoms with Crippen LogP contribution in [0.4, 0.5) is 0 Å². The van der Waals surface area contributed by atoms with Crippen molar-refractivity contribution in [2.45, 2.75) is 49.3 Å². The number of hydrogen-bond donors (Lipinski definition) is 1. The Morgan fingerprint density at radius 2 is 1.92 bits per heavy atom. The highest BCUT2D eigenvalue weighted by Crippen LogP contribution is 2.50. The molecule has 1 saturated carbocycles. The van der Waals surface area contributed by atoms with Crippen LogP contribution < -0.4 is 10.3 Å². The lowest BCUT2D eigenvalue weighted by Gasteiger charge is -2.29. The highest BCUT2D eigenvalue weighted by atomic mass is 32.2. The summed E-state index contributed by atoms with van der Waals surface area (Å²) in [6.45, 7) is 4.12. The van der Waals surface area contributed by atoms with Gasteiger partial charge in [0.25, 0.3) is 5.56 Å². The Kier molecular flexibility index (Phi) is 6.04. The second kappa shape index (κ2) is 8.94. The number of aromatic carboxylic acids is 1. The van der Waals surface area contributed by atoms with Gasteiger partial charge >= 0.3 is 5.97 Å². The number of aromatic nitrogens is 1. The molecule has 1 N–H and O–H groups in total. The van der Waals surface area contributed by atoms with Crippen molar-refractivity contribution in [1.29, 1.82) is 0 Å². The lowest BCUT2D eigenvalue weighted by molar-refractivity contribution is 0.0694. The molecule has 1 aromatic carbocycles. The summed E-state index contributed by atoms with van der Waals surface area (Å²) >= 11 is 0.